The zero-order chi connectivity index (χ0) is 46.0. The molecule has 10 aromatic rings. The molecule has 0 fully saturated rings. The molecule has 0 aliphatic heterocycles. The average molecular weight is 867 g/mol. The first-order chi connectivity index (χ1) is 31.9. The van der Waals surface area contributed by atoms with E-state index in [1.165, 1.54) is 12.1 Å². The molecule has 0 N–H and O–H groups in total. The number of hydrogen-bond acceptors (Lipinski definition) is 3. The molecule has 8 heteroatoms. The number of halogens is 4. The molecule has 0 aliphatic rings. The lowest BCUT2D eigenvalue weighted by atomic mass is 9.90. The van der Waals surface area contributed by atoms with E-state index in [9.17, 15) is 5.26 Å². The lowest BCUT2D eigenvalue weighted by molar-refractivity contribution is 0.584. The summed E-state index contributed by atoms with van der Waals surface area (Å²) in [5.41, 5.74) is 8.89. The van der Waals surface area contributed by atoms with E-state index in [2.05, 4.69) is 10.9 Å². The Hall–Kier alpha value is -8.46. The predicted octanol–water partition coefficient (Wildman–Crippen LogP) is 17.1. The van der Waals surface area contributed by atoms with Crippen molar-refractivity contribution in [3.05, 3.63) is 220 Å². The van der Waals surface area contributed by atoms with Gasteiger partial charge in [0.2, 0.25) is 0 Å². The normalized spacial score (nSPS) is 11.3. The van der Waals surface area contributed by atoms with Crippen molar-refractivity contribution < 1.29 is 17.6 Å². The van der Waals surface area contributed by atoms with Crippen molar-refractivity contribution >= 4 is 72.1 Å². The first-order valence-corrected chi connectivity index (χ1v) is 21.4. The van der Waals surface area contributed by atoms with Crippen LogP contribution in [0.25, 0.3) is 59.4 Å². The lowest BCUT2D eigenvalue weighted by Crippen LogP contribution is -2.15. The molecule has 10 rings (SSSR count). The summed E-state index contributed by atoms with van der Waals surface area (Å²) in [5.74, 6) is -2.98. The van der Waals surface area contributed by atoms with Crippen molar-refractivity contribution in [3.8, 4) is 28.3 Å². The fraction of sp³-hybridized carbons (Fsp3) is 0.0690. The highest BCUT2D eigenvalue weighted by Gasteiger charge is 2.29. The Balaban J connectivity index is 1.29. The number of anilines is 6. The molecule has 0 saturated heterocycles. The van der Waals surface area contributed by atoms with Crippen LogP contribution in [0.3, 0.4) is 0 Å². The lowest BCUT2D eigenvalue weighted by Gasteiger charge is -2.32. The Bertz CT molecular complexity index is 3380. The molecule has 0 aromatic heterocycles. The molecule has 0 bridgehead atoms. The highest BCUT2D eigenvalue weighted by atomic mass is 19.1. The van der Waals surface area contributed by atoms with Crippen molar-refractivity contribution in [1.29, 1.82) is 5.26 Å². The van der Waals surface area contributed by atoms with Crippen molar-refractivity contribution in [2.75, 3.05) is 9.80 Å². The highest BCUT2D eigenvalue weighted by Crippen LogP contribution is 2.52. The Morgan fingerprint density at radius 3 is 1.27 bits per heavy atom. The summed E-state index contributed by atoms with van der Waals surface area (Å²) < 4.78 is 65.0. The minimum absolute atomic E-state index is 0.133. The van der Waals surface area contributed by atoms with Gasteiger partial charge in [0, 0.05) is 45.4 Å². The van der Waals surface area contributed by atoms with E-state index < -0.39 is 23.3 Å². The number of nitriles is 1. The van der Waals surface area contributed by atoms with Crippen molar-refractivity contribution in [2.45, 2.75) is 27.7 Å². The number of aryl methyl sites for hydroxylation is 4. The Kier molecular flexibility index (Phi) is 10.2. The largest absolute Gasteiger partial charge is 0.307 e. The summed E-state index contributed by atoms with van der Waals surface area (Å²) in [6.45, 7) is 15.3. The zero-order valence-electron chi connectivity index (χ0n) is 36.3. The van der Waals surface area contributed by atoms with E-state index in [0.717, 1.165) is 66.7 Å². The minimum atomic E-state index is -0.772. The summed E-state index contributed by atoms with van der Waals surface area (Å²) >= 11 is 0. The van der Waals surface area contributed by atoms with Crippen molar-refractivity contribution in [2.24, 2.45) is 0 Å². The van der Waals surface area contributed by atoms with E-state index in [-0.39, 0.29) is 11.4 Å². The van der Waals surface area contributed by atoms with Gasteiger partial charge < -0.3 is 9.80 Å². The van der Waals surface area contributed by atoms with Crippen LogP contribution in [0.15, 0.2) is 158 Å². The second kappa shape index (κ2) is 16.3. The summed E-state index contributed by atoms with van der Waals surface area (Å²) in [4.78, 5) is 7.19. The van der Waals surface area contributed by atoms with Crippen LogP contribution in [-0.2, 0) is 0 Å². The SMILES string of the molecule is [C-]#[N+]c1ccc(N(c2c(F)cc(F)cc2-c2c(C)cccc2C)c2ccc3ccc4c(N(c5ccc(C#N)cc5)c5c(F)cc(F)cc5-c5c(C)cccc5C)ccc5ccc2c3c54)cc1. The van der Waals surface area contributed by atoms with Crippen LogP contribution in [-0.4, -0.2) is 0 Å². The standard InChI is InChI=1S/C58H38F4N4/c1-33-8-6-9-34(2)53(33)47-28-40(59)30-49(61)57(47)65(43-20-12-37(32-63)13-21-43)51-26-16-38-15-25-46-52(27-17-39-14-24-45(51)55(38)56(39)46)66(44-22-18-42(64-5)19-23-44)58-48(29-41(60)31-50(58)62)54-35(3)10-7-11-36(54)4/h6-31H,1-4H3. The van der Waals surface area contributed by atoms with Crippen molar-refractivity contribution in [3.63, 3.8) is 0 Å². The third-order valence-corrected chi connectivity index (χ3v) is 12.6. The third kappa shape index (κ3) is 6.83. The van der Waals surface area contributed by atoms with Crippen LogP contribution >= 0.6 is 0 Å². The fourth-order valence-corrected chi connectivity index (χ4v) is 9.74. The summed E-state index contributed by atoms with van der Waals surface area (Å²) in [5, 5.41) is 14.7. The smallest absolute Gasteiger partial charge is 0.187 e. The molecule has 0 unspecified atom stereocenters. The second-order valence-electron chi connectivity index (χ2n) is 16.7. The monoisotopic (exact) mass is 866 g/mol. The van der Waals surface area contributed by atoms with E-state index in [4.69, 9.17) is 6.57 Å². The molecule has 66 heavy (non-hydrogen) atoms. The van der Waals surface area contributed by atoms with Gasteiger partial charge in [0.05, 0.1) is 41.0 Å². The summed E-state index contributed by atoms with van der Waals surface area (Å²) in [6.07, 6.45) is 0. The summed E-state index contributed by atoms with van der Waals surface area (Å²) in [7, 11) is 0. The van der Waals surface area contributed by atoms with Gasteiger partial charge in [-0.15, -0.1) is 0 Å². The molecule has 0 atom stereocenters. The fourth-order valence-electron chi connectivity index (χ4n) is 9.74. The van der Waals surface area contributed by atoms with Gasteiger partial charge in [-0.2, -0.15) is 5.26 Å². The van der Waals surface area contributed by atoms with Crippen LogP contribution in [0.5, 0.6) is 0 Å². The molecule has 10 aromatic carbocycles. The molecule has 318 valence electrons. The molecular formula is C58H38F4N4. The maximum absolute atomic E-state index is 17.0. The molecule has 4 nitrogen and oxygen atoms in total. The van der Waals surface area contributed by atoms with Gasteiger partial charge in [0.25, 0.3) is 0 Å². The van der Waals surface area contributed by atoms with Gasteiger partial charge in [0.15, 0.2) is 17.3 Å². The molecule has 0 saturated carbocycles. The van der Waals surface area contributed by atoms with E-state index >= 15 is 17.6 Å². The number of nitrogens with zero attached hydrogens (tertiary/aromatic N) is 4. The van der Waals surface area contributed by atoms with Crippen LogP contribution in [0.4, 0.5) is 57.4 Å². The highest BCUT2D eigenvalue weighted by molar-refractivity contribution is 6.28. The van der Waals surface area contributed by atoms with Gasteiger partial charge in [-0.25, -0.2) is 22.4 Å². The molecule has 0 heterocycles. The minimum Gasteiger partial charge on any atom is -0.307 e. The Labute approximate surface area is 379 Å². The number of benzene rings is 10. The van der Waals surface area contributed by atoms with Gasteiger partial charge in [-0.05, 0) is 143 Å². The Morgan fingerprint density at radius 1 is 0.485 bits per heavy atom. The predicted molar refractivity (Wildman–Crippen MR) is 260 cm³/mol. The molecule has 0 spiro atoms. The molecular weight excluding hydrogens is 829 g/mol. The van der Waals surface area contributed by atoms with Crippen LogP contribution in [0.1, 0.15) is 27.8 Å². The van der Waals surface area contributed by atoms with Gasteiger partial charge in [-0.1, -0.05) is 84.9 Å². The summed E-state index contributed by atoms with van der Waals surface area (Å²) in [6, 6.07) is 47.7. The topological polar surface area (TPSA) is 34.6 Å². The van der Waals surface area contributed by atoms with E-state index in [1.807, 2.05) is 113 Å². The zero-order valence-corrected chi connectivity index (χ0v) is 36.3. The first kappa shape index (κ1) is 41.5. The quantitative estimate of drug-likeness (QED) is 0.0867. The van der Waals surface area contributed by atoms with Crippen LogP contribution in [0, 0.1) is 68.9 Å². The molecule has 0 amide bonds. The van der Waals surface area contributed by atoms with Crippen LogP contribution in [0.2, 0.25) is 0 Å². The number of rotatable bonds is 8. The van der Waals surface area contributed by atoms with E-state index in [1.54, 1.807) is 58.3 Å². The maximum atomic E-state index is 17.0. The van der Waals surface area contributed by atoms with Crippen molar-refractivity contribution in [1.82, 2.24) is 0 Å². The molecule has 0 radical (unpaired) electrons. The van der Waals surface area contributed by atoms with Crippen LogP contribution < -0.4 is 9.80 Å². The second-order valence-corrected chi connectivity index (χ2v) is 16.7. The van der Waals surface area contributed by atoms with Gasteiger partial charge in [-0.3, -0.25) is 0 Å². The maximum Gasteiger partial charge on any atom is 0.187 e. The first-order valence-electron chi connectivity index (χ1n) is 21.4. The molecule has 0 aliphatic carbocycles. The van der Waals surface area contributed by atoms with E-state index in [0.29, 0.717) is 56.3 Å². The average Bonchev–Trinajstić information content (AvgIpc) is 3.30. The number of hydrogen-bond donors (Lipinski definition) is 0. The third-order valence-electron chi connectivity index (χ3n) is 12.6. The van der Waals surface area contributed by atoms with Gasteiger partial charge >= 0.3 is 0 Å². The Morgan fingerprint density at radius 2 is 0.879 bits per heavy atom. The van der Waals surface area contributed by atoms with Gasteiger partial charge in [0.1, 0.15) is 11.6 Å².